The first-order valence-electron chi connectivity index (χ1n) is 6.55. The number of hydrogen-bond donors (Lipinski definition) is 1. The first kappa shape index (κ1) is 15.7. The Morgan fingerprint density at radius 2 is 1.72 bits per heavy atom. The van der Waals surface area contributed by atoms with Gasteiger partial charge in [-0.1, -0.05) is 28.1 Å². The Balaban J connectivity index is 2.21. The Kier molecular flexibility index (Phi) is 6.33. The minimum atomic E-state index is 0.215. The fraction of sp³-hybridized carbons (Fsp3) is 0.600. The van der Waals surface area contributed by atoms with Crippen molar-refractivity contribution in [3.63, 3.8) is 0 Å². The van der Waals surface area contributed by atoms with Gasteiger partial charge >= 0.3 is 0 Å². The molecule has 0 aliphatic carbocycles. The maximum atomic E-state index is 3.51. The molecule has 0 fully saturated rings. The highest BCUT2D eigenvalue weighted by Crippen LogP contribution is 2.11. The fourth-order valence-electron chi connectivity index (χ4n) is 1.70. The highest BCUT2D eigenvalue weighted by molar-refractivity contribution is 9.10. The largest absolute Gasteiger partial charge is 0.311 e. The van der Waals surface area contributed by atoms with E-state index in [0.29, 0.717) is 0 Å². The van der Waals surface area contributed by atoms with Crippen molar-refractivity contribution in [3.8, 4) is 0 Å². The monoisotopic (exact) mass is 312 g/mol. The van der Waals surface area contributed by atoms with Crippen molar-refractivity contribution >= 4 is 15.9 Å². The van der Waals surface area contributed by atoms with Crippen LogP contribution in [0.1, 0.15) is 26.3 Å². The van der Waals surface area contributed by atoms with E-state index in [1.807, 2.05) is 0 Å². The molecule has 1 aromatic rings. The topological polar surface area (TPSA) is 15.3 Å². The summed E-state index contributed by atoms with van der Waals surface area (Å²) in [5.41, 5.74) is 1.61. The number of halogens is 1. The molecule has 18 heavy (non-hydrogen) atoms. The molecule has 1 rings (SSSR count). The number of benzene rings is 1. The van der Waals surface area contributed by atoms with Crippen LogP contribution < -0.4 is 5.32 Å². The van der Waals surface area contributed by atoms with Crippen molar-refractivity contribution in [2.75, 3.05) is 26.7 Å². The average Bonchev–Trinajstić information content (AvgIpc) is 2.26. The normalized spacial score (nSPS) is 12.1. The highest BCUT2D eigenvalue weighted by atomic mass is 79.9. The van der Waals surface area contributed by atoms with E-state index in [1.165, 1.54) is 5.56 Å². The third kappa shape index (κ3) is 7.14. The molecule has 2 nitrogen and oxygen atoms in total. The minimum absolute atomic E-state index is 0.215. The molecule has 0 aliphatic rings. The van der Waals surface area contributed by atoms with Crippen LogP contribution in [0.25, 0.3) is 0 Å². The highest BCUT2D eigenvalue weighted by Gasteiger charge is 2.08. The van der Waals surface area contributed by atoms with E-state index in [9.17, 15) is 0 Å². The SMILES string of the molecule is CN(CCNC(C)(C)C)CCc1ccc(Br)cc1. The molecule has 1 aromatic carbocycles. The summed E-state index contributed by atoms with van der Waals surface area (Å²) in [6, 6.07) is 8.59. The van der Waals surface area contributed by atoms with E-state index in [1.54, 1.807) is 0 Å². The van der Waals surface area contributed by atoms with Gasteiger partial charge in [-0.05, 0) is 51.9 Å². The number of likely N-dealkylation sites (N-methyl/N-ethyl adjacent to an activating group) is 1. The first-order chi connectivity index (χ1) is 8.37. The minimum Gasteiger partial charge on any atom is -0.311 e. The second kappa shape index (κ2) is 7.27. The van der Waals surface area contributed by atoms with Crippen molar-refractivity contribution in [2.24, 2.45) is 0 Å². The van der Waals surface area contributed by atoms with Crippen LogP contribution in [0.2, 0.25) is 0 Å². The number of nitrogens with one attached hydrogen (secondary N) is 1. The predicted molar refractivity (Wildman–Crippen MR) is 83.1 cm³/mol. The molecule has 0 amide bonds. The van der Waals surface area contributed by atoms with Crippen LogP contribution in [0.5, 0.6) is 0 Å². The number of nitrogens with zero attached hydrogens (tertiary/aromatic N) is 1. The molecule has 0 heterocycles. The molecule has 0 aliphatic heterocycles. The molecule has 0 aromatic heterocycles. The summed E-state index contributed by atoms with van der Waals surface area (Å²) in [6.45, 7) is 9.85. The van der Waals surface area contributed by atoms with Crippen molar-refractivity contribution in [3.05, 3.63) is 34.3 Å². The molecule has 102 valence electrons. The molecule has 0 unspecified atom stereocenters. The van der Waals surface area contributed by atoms with Gasteiger partial charge in [-0.15, -0.1) is 0 Å². The molecule has 0 saturated heterocycles. The lowest BCUT2D eigenvalue weighted by Gasteiger charge is -2.23. The van der Waals surface area contributed by atoms with Crippen molar-refractivity contribution < 1.29 is 0 Å². The Labute approximate surface area is 120 Å². The van der Waals surface area contributed by atoms with Crippen LogP contribution in [-0.4, -0.2) is 37.1 Å². The van der Waals surface area contributed by atoms with Crippen LogP contribution in [0, 0.1) is 0 Å². The van der Waals surface area contributed by atoms with E-state index in [0.717, 1.165) is 30.5 Å². The van der Waals surface area contributed by atoms with Crippen LogP contribution in [0.3, 0.4) is 0 Å². The summed E-state index contributed by atoms with van der Waals surface area (Å²) in [4.78, 5) is 2.38. The summed E-state index contributed by atoms with van der Waals surface area (Å²) in [5, 5.41) is 3.51. The lowest BCUT2D eigenvalue weighted by Crippen LogP contribution is -2.40. The lowest BCUT2D eigenvalue weighted by molar-refractivity contribution is 0.312. The molecule has 0 bridgehead atoms. The number of hydrogen-bond acceptors (Lipinski definition) is 2. The van der Waals surface area contributed by atoms with Crippen LogP contribution in [0.4, 0.5) is 0 Å². The van der Waals surface area contributed by atoms with Gasteiger partial charge < -0.3 is 10.2 Å². The van der Waals surface area contributed by atoms with Gasteiger partial charge in [0.2, 0.25) is 0 Å². The van der Waals surface area contributed by atoms with Crippen LogP contribution in [0.15, 0.2) is 28.7 Å². The molecule has 1 N–H and O–H groups in total. The van der Waals surface area contributed by atoms with Crippen molar-refractivity contribution in [1.82, 2.24) is 10.2 Å². The van der Waals surface area contributed by atoms with Gasteiger partial charge in [0.1, 0.15) is 0 Å². The van der Waals surface area contributed by atoms with E-state index >= 15 is 0 Å². The van der Waals surface area contributed by atoms with E-state index < -0.39 is 0 Å². The third-order valence-electron chi connectivity index (χ3n) is 2.84. The van der Waals surface area contributed by atoms with Crippen LogP contribution >= 0.6 is 15.9 Å². The average molecular weight is 313 g/mol. The van der Waals surface area contributed by atoms with Gasteiger partial charge in [-0.2, -0.15) is 0 Å². The Bertz CT molecular complexity index is 341. The molecule has 0 spiro atoms. The smallest absolute Gasteiger partial charge is 0.0175 e. The van der Waals surface area contributed by atoms with E-state index in [2.05, 4.69) is 78.2 Å². The first-order valence-corrected chi connectivity index (χ1v) is 7.34. The predicted octanol–water partition coefficient (Wildman–Crippen LogP) is 3.31. The van der Waals surface area contributed by atoms with E-state index in [4.69, 9.17) is 0 Å². The third-order valence-corrected chi connectivity index (χ3v) is 3.37. The molecular formula is C15H25BrN2. The fourth-order valence-corrected chi connectivity index (χ4v) is 1.97. The molecule has 0 saturated carbocycles. The number of rotatable bonds is 6. The second-order valence-electron chi connectivity index (χ2n) is 5.86. The molecular weight excluding hydrogens is 288 g/mol. The zero-order chi connectivity index (χ0) is 13.6. The van der Waals surface area contributed by atoms with E-state index in [-0.39, 0.29) is 5.54 Å². The van der Waals surface area contributed by atoms with Gasteiger partial charge in [0.05, 0.1) is 0 Å². The summed E-state index contributed by atoms with van der Waals surface area (Å²) in [5.74, 6) is 0. The molecule has 0 atom stereocenters. The van der Waals surface area contributed by atoms with Gasteiger partial charge in [0, 0.05) is 29.6 Å². The van der Waals surface area contributed by atoms with Crippen molar-refractivity contribution in [1.29, 1.82) is 0 Å². The van der Waals surface area contributed by atoms with Gasteiger partial charge in [0.25, 0.3) is 0 Å². The Hall–Kier alpha value is -0.380. The summed E-state index contributed by atoms with van der Waals surface area (Å²) in [7, 11) is 2.18. The maximum Gasteiger partial charge on any atom is 0.0175 e. The lowest BCUT2D eigenvalue weighted by atomic mass is 10.1. The molecule has 3 heteroatoms. The van der Waals surface area contributed by atoms with Gasteiger partial charge in [0.15, 0.2) is 0 Å². The van der Waals surface area contributed by atoms with Crippen LogP contribution in [-0.2, 0) is 6.42 Å². The Morgan fingerprint density at radius 1 is 1.11 bits per heavy atom. The second-order valence-corrected chi connectivity index (χ2v) is 6.77. The standard InChI is InChI=1S/C15H25BrN2/c1-15(2,3)17-10-12-18(4)11-9-13-5-7-14(16)8-6-13/h5-8,17H,9-12H2,1-4H3. The molecule has 0 radical (unpaired) electrons. The Morgan fingerprint density at radius 3 is 2.28 bits per heavy atom. The van der Waals surface area contributed by atoms with Gasteiger partial charge in [-0.3, -0.25) is 0 Å². The summed E-state index contributed by atoms with van der Waals surface area (Å²) < 4.78 is 1.15. The maximum absolute atomic E-state index is 3.51. The quantitative estimate of drug-likeness (QED) is 0.867. The summed E-state index contributed by atoms with van der Waals surface area (Å²) >= 11 is 3.46. The van der Waals surface area contributed by atoms with Gasteiger partial charge in [-0.25, -0.2) is 0 Å². The van der Waals surface area contributed by atoms with Crippen molar-refractivity contribution in [2.45, 2.75) is 32.7 Å². The zero-order valence-corrected chi connectivity index (χ0v) is 13.5. The summed E-state index contributed by atoms with van der Waals surface area (Å²) in [6.07, 6.45) is 1.11. The zero-order valence-electron chi connectivity index (χ0n) is 12.0.